The lowest BCUT2D eigenvalue weighted by atomic mass is 9.62. The molecule has 0 bridgehead atoms. The topological polar surface area (TPSA) is 82.1 Å². The highest BCUT2D eigenvalue weighted by atomic mass is 16.5. The number of benzene rings is 1. The maximum absolute atomic E-state index is 13.6. The highest BCUT2D eigenvalue weighted by Crippen LogP contribution is 2.53. The van der Waals surface area contributed by atoms with E-state index >= 15 is 0 Å². The Labute approximate surface area is 170 Å². The van der Waals surface area contributed by atoms with Crippen LogP contribution in [0.2, 0.25) is 0 Å². The summed E-state index contributed by atoms with van der Waals surface area (Å²) in [7, 11) is 4.86. The summed E-state index contributed by atoms with van der Waals surface area (Å²) < 4.78 is 17.3. The number of hydrogen-bond acceptors (Lipinski definition) is 6. The van der Waals surface area contributed by atoms with Crippen LogP contribution in [-0.4, -0.2) is 43.6 Å². The molecule has 0 aromatic heterocycles. The molecular formula is C23H28O6. The van der Waals surface area contributed by atoms with E-state index in [9.17, 15) is 14.7 Å². The number of methoxy groups -OCH3 is 3. The molecule has 0 spiro atoms. The van der Waals surface area contributed by atoms with E-state index in [2.05, 4.69) is 0 Å². The fraction of sp³-hybridized carbons (Fsp3) is 0.565. The Hall–Kier alpha value is -2.18. The van der Waals surface area contributed by atoms with Crippen molar-refractivity contribution in [2.75, 3.05) is 21.3 Å². The highest BCUT2D eigenvalue weighted by molar-refractivity contribution is 6.05. The summed E-state index contributed by atoms with van der Waals surface area (Å²) in [5.41, 5.74) is 1.71. The van der Waals surface area contributed by atoms with Crippen LogP contribution in [0.15, 0.2) is 6.08 Å². The van der Waals surface area contributed by atoms with Gasteiger partial charge >= 0.3 is 0 Å². The summed E-state index contributed by atoms with van der Waals surface area (Å²) in [5.74, 6) is 0.580. The van der Waals surface area contributed by atoms with Crippen molar-refractivity contribution >= 4 is 17.6 Å². The fourth-order valence-corrected chi connectivity index (χ4v) is 5.40. The van der Waals surface area contributed by atoms with Crippen LogP contribution in [0.3, 0.4) is 0 Å². The van der Waals surface area contributed by atoms with Gasteiger partial charge in [-0.05, 0) is 44.9 Å². The first-order chi connectivity index (χ1) is 13.9. The summed E-state index contributed by atoms with van der Waals surface area (Å²) >= 11 is 0. The number of ketones is 2. The van der Waals surface area contributed by atoms with Gasteiger partial charge in [0.15, 0.2) is 11.6 Å². The molecule has 6 heteroatoms. The van der Waals surface area contributed by atoms with Crippen LogP contribution in [0.1, 0.15) is 65.8 Å². The summed E-state index contributed by atoms with van der Waals surface area (Å²) in [6.45, 7) is 1.40. The molecule has 29 heavy (non-hydrogen) atoms. The molecule has 3 aliphatic rings. The lowest BCUT2D eigenvalue weighted by molar-refractivity contribution is -0.140. The normalized spacial score (nSPS) is 30.2. The minimum Gasteiger partial charge on any atom is -0.496 e. The summed E-state index contributed by atoms with van der Waals surface area (Å²) in [6.07, 6.45) is 6.38. The van der Waals surface area contributed by atoms with E-state index in [0.29, 0.717) is 36.3 Å². The smallest absolute Gasteiger partial charge is 0.170 e. The Morgan fingerprint density at radius 3 is 2.55 bits per heavy atom. The number of aliphatic hydroxyl groups is 1. The molecule has 4 atom stereocenters. The summed E-state index contributed by atoms with van der Waals surface area (Å²) in [5, 5.41) is 10.8. The van der Waals surface area contributed by atoms with Crippen LogP contribution in [0.4, 0.5) is 0 Å². The van der Waals surface area contributed by atoms with Crippen molar-refractivity contribution < 1.29 is 28.9 Å². The highest BCUT2D eigenvalue weighted by Gasteiger charge is 2.50. The first kappa shape index (κ1) is 20.1. The Morgan fingerprint density at radius 1 is 1.21 bits per heavy atom. The van der Waals surface area contributed by atoms with Gasteiger partial charge in [0, 0.05) is 29.7 Å². The van der Waals surface area contributed by atoms with Crippen molar-refractivity contribution in [1.82, 2.24) is 0 Å². The molecule has 1 saturated carbocycles. The Kier molecular flexibility index (Phi) is 5.03. The molecular weight excluding hydrogens is 372 g/mol. The van der Waals surface area contributed by atoms with E-state index in [1.165, 1.54) is 6.92 Å². The van der Waals surface area contributed by atoms with E-state index in [-0.39, 0.29) is 30.0 Å². The Balaban J connectivity index is 1.90. The molecule has 1 aromatic carbocycles. The van der Waals surface area contributed by atoms with Gasteiger partial charge in [0.05, 0.1) is 25.9 Å². The average Bonchev–Trinajstić information content (AvgIpc) is 2.72. The molecule has 6 nitrogen and oxygen atoms in total. The molecule has 0 radical (unpaired) electrons. The summed E-state index contributed by atoms with van der Waals surface area (Å²) in [4.78, 5) is 25.6. The molecule has 156 valence electrons. The second-order valence-corrected chi connectivity index (χ2v) is 8.38. The first-order valence-corrected chi connectivity index (χ1v) is 10.1. The molecule has 3 aliphatic carbocycles. The van der Waals surface area contributed by atoms with Crippen LogP contribution >= 0.6 is 0 Å². The van der Waals surface area contributed by atoms with Gasteiger partial charge in [-0.1, -0.05) is 12.2 Å². The number of carbonyl (C=O) groups excluding carboxylic acids is 2. The zero-order valence-electron chi connectivity index (χ0n) is 17.4. The number of ether oxygens (including phenoxy) is 3. The number of rotatable bonds is 4. The maximum Gasteiger partial charge on any atom is 0.170 e. The predicted octanol–water partition coefficient (Wildman–Crippen LogP) is 3.28. The average molecular weight is 400 g/mol. The maximum atomic E-state index is 13.6. The van der Waals surface area contributed by atoms with Gasteiger partial charge in [-0.2, -0.15) is 0 Å². The predicted molar refractivity (Wildman–Crippen MR) is 107 cm³/mol. The van der Waals surface area contributed by atoms with Crippen LogP contribution in [0.5, 0.6) is 11.5 Å². The van der Waals surface area contributed by atoms with Crippen LogP contribution < -0.4 is 9.47 Å². The molecule has 4 rings (SSSR count). The van der Waals surface area contributed by atoms with E-state index in [1.807, 2.05) is 12.2 Å². The molecule has 1 fully saturated rings. The van der Waals surface area contributed by atoms with Gasteiger partial charge < -0.3 is 19.3 Å². The zero-order valence-corrected chi connectivity index (χ0v) is 17.4. The van der Waals surface area contributed by atoms with Gasteiger partial charge in [0.2, 0.25) is 0 Å². The molecule has 0 heterocycles. The van der Waals surface area contributed by atoms with Crippen LogP contribution in [0.25, 0.3) is 6.08 Å². The monoisotopic (exact) mass is 400 g/mol. The molecule has 4 unspecified atom stereocenters. The SMILES string of the molecule is COc1c2c(c(OC)c3c1C(=O)C1CC(O)(C(C)=O)CCC1C3)C(OC)CC=C2. The Morgan fingerprint density at radius 2 is 1.93 bits per heavy atom. The third-order valence-electron chi connectivity index (χ3n) is 6.99. The van der Waals surface area contributed by atoms with Crippen molar-refractivity contribution in [1.29, 1.82) is 0 Å². The number of carbonyl (C=O) groups is 2. The molecule has 0 aliphatic heterocycles. The van der Waals surface area contributed by atoms with Gasteiger partial charge in [-0.25, -0.2) is 0 Å². The lowest BCUT2D eigenvalue weighted by Crippen LogP contribution is -2.48. The van der Waals surface area contributed by atoms with Gasteiger partial charge in [-0.3, -0.25) is 9.59 Å². The molecule has 0 saturated heterocycles. The van der Waals surface area contributed by atoms with Gasteiger partial charge in [-0.15, -0.1) is 0 Å². The molecule has 1 N–H and O–H groups in total. The fourth-order valence-electron chi connectivity index (χ4n) is 5.40. The van der Waals surface area contributed by atoms with Gasteiger partial charge in [0.25, 0.3) is 0 Å². The van der Waals surface area contributed by atoms with Gasteiger partial charge in [0.1, 0.15) is 17.1 Å². The largest absolute Gasteiger partial charge is 0.496 e. The zero-order chi connectivity index (χ0) is 20.9. The quantitative estimate of drug-likeness (QED) is 0.835. The van der Waals surface area contributed by atoms with E-state index in [4.69, 9.17) is 14.2 Å². The van der Waals surface area contributed by atoms with Crippen molar-refractivity contribution in [2.24, 2.45) is 11.8 Å². The van der Waals surface area contributed by atoms with E-state index in [0.717, 1.165) is 23.1 Å². The van der Waals surface area contributed by atoms with E-state index < -0.39 is 11.5 Å². The number of Topliss-reactive ketones (excluding diaryl/α,β-unsaturated/α-hetero) is 2. The van der Waals surface area contributed by atoms with Crippen molar-refractivity contribution in [3.63, 3.8) is 0 Å². The van der Waals surface area contributed by atoms with Crippen LogP contribution in [0, 0.1) is 11.8 Å². The third kappa shape index (κ3) is 2.92. The minimum atomic E-state index is -1.42. The Bertz CT molecular complexity index is 901. The number of hydrogen-bond donors (Lipinski definition) is 1. The first-order valence-electron chi connectivity index (χ1n) is 10.1. The summed E-state index contributed by atoms with van der Waals surface area (Å²) in [6, 6.07) is 0. The van der Waals surface area contributed by atoms with Crippen LogP contribution in [-0.2, 0) is 16.0 Å². The molecule has 0 amide bonds. The van der Waals surface area contributed by atoms with Crippen molar-refractivity contribution in [2.45, 2.75) is 50.7 Å². The minimum absolute atomic E-state index is 0.0680. The third-order valence-corrected chi connectivity index (χ3v) is 6.99. The lowest BCUT2D eigenvalue weighted by Gasteiger charge is -2.43. The van der Waals surface area contributed by atoms with E-state index in [1.54, 1.807) is 21.3 Å². The van der Waals surface area contributed by atoms with Crippen molar-refractivity contribution in [3.05, 3.63) is 28.3 Å². The molecule has 1 aromatic rings. The number of fused-ring (bicyclic) bond motifs is 3. The standard InChI is InChI=1S/C23H28O6/c1-12(24)23(26)9-8-13-10-15-19(20(25)16(13)11-23)21(28-3)14-6-5-7-17(27-2)18(14)22(15)29-4/h5-6,13,16-17,26H,7-11H2,1-4H3. The second kappa shape index (κ2) is 7.26. The van der Waals surface area contributed by atoms with Crippen molar-refractivity contribution in [3.8, 4) is 11.5 Å². The second-order valence-electron chi connectivity index (χ2n) is 8.38.